The molecule has 1 aliphatic heterocycles. The zero-order valence-electron chi connectivity index (χ0n) is 12.6. The first-order valence-corrected chi connectivity index (χ1v) is 7.94. The lowest BCUT2D eigenvalue weighted by Crippen LogP contribution is -3.12. The molecule has 2 aromatic rings. The highest BCUT2D eigenvalue weighted by molar-refractivity contribution is 7.71. The molecule has 0 bridgehead atoms. The molecule has 21 heavy (non-hydrogen) atoms. The Balaban J connectivity index is 1.83. The van der Waals surface area contributed by atoms with E-state index in [-0.39, 0.29) is 0 Å². The van der Waals surface area contributed by atoms with E-state index >= 15 is 0 Å². The second-order valence-electron chi connectivity index (χ2n) is 5.99. The Morgan fingerprint density at radius 2 is 1.95 bits per heavy atom. The lowest BCUT2D eigenvalue weighted by molar-refractivity contribution is -0.929. The first-order chi connectivity index (χ1) is 10.1. The number of pyridine rings is 1. The minimum Gasteiger partial charge on any atom is -0.316 e. The van der Waals surface area contributed by atoms with Crippen LogP contribution >= 0.6 is 12.2 Å². The molecular formula is C15H22N5S+. The molecule has 3 rings (SSSR count). The first-order valence-electron chi connectivity index (χ1n) is 7.53. The van der Waals surface area contributed by atoms with Crippen molar-refractivity contribution in [2.24, 2.45) is 13.0 Å². The van der Waals surface area contributed by atoms with Crippen molar-refractivity contribution in [2.45, 2.75) is 26.4 Å². The summed E-state index contributed by atoms with van der Waals surface area (Å²) < 4.78 is 4.74. The fourth-order valence-corrected chi connectivity index (χ4v) is 3.08. The first kappa shape index (κ1) is 14.4. The summed E-state index contributed by atoms with van der Waals surface area (Å²) in [6, 6.07) is 3.94. The van der Waals surface area contributed by atoms with Gasteiger partial charge in [-0.25, -0.2) is 0 Å². The van der Waals surface area contributed by atoms with Crippen LogP contribution in [0.3, 0.4) is 0 Å². The summed E-state index contributed by atoms with van der Waals surface area (Å²) in [5.41, 5.74) is 1.06. The van der Waals surface area contributed by atoms with Crippen molar-refractivity contribution < 1.29 is 4.90 Å². The molecule has 1 N–H and O–H groups in total. The minimum absolute atomic E-state index is 0.785. The molecule has 6 heteroatoms. The lowest BCUT2D eigenvalue weighted by Gasteiger charge is -2.26. The summed E-state index contributed by atoms with van der Waals surface area (Å²) in [6.07, 6.45) is 6.17. The molecule has 0 amide bonds. The van der Waals surface area contributed by atoms with E-state index in [1.807, 2.05) is 28.4 Å². The molecule has 0 aliphatic carbocycles. The second kappa shape index (κ2) is 6.07. The molecule has 3 heterocycles. The van der Waals surface area contributed by atoms with Crippen molar-refractivity contribution >= 4 is 12.2 Å². The van der Waals surface area contributed by atoms with Crippen molar-refractivity contribution in [1.29, 1.82) is 0 Å². The van der Waals surface area contributed by atoms with Crippen molar-refractivity contribution in [3.63, 3.8) is 0 Å². The summed E-state index contributed by atoms with van der Waals surface area (Å²) in [6.45, 7) is 5.63. The Morgan fingerprint density at radius 1 is 1.29 bits per heavy atom. The van der Waals surface area contributed by atoms with Crippen LogP contribution < -0.4 is 4.90 Å². The highest BCUT2D eigenvalue weighted by Crippen LogP contribution is 2.15. The standard InChI is InChI=1S/C15H21N5S/c1-12-5-9-19(10-6-12)11-20-15(21)18(2)14(17-20)13-3-7-16-8-4-13/h3-4,7-8,12H,5-6,9-11H2,1-2H3/p+1. The van der Waals surface area contributed by atoms with Gasteiger partial charge in [-0.05, 0) is 43.1 Å². The molecule has 1 aliphatic rings. The zero-order chi connectivity index (χ0) is 14.8. The van der Waals surface area contributed by atoms with Crippen LogP contribution in [0.5, 0.6) is 0 Å². The Labute approximate surface area is 130 Å². The van der Waals surface area contributed by atoms with Crippen LogP contribution in [-0.2, 0) is 13.7 Å². The van der Waals surface area contributed by atoms with Gasteiger partial charge in [-0.1, -0.05) is 6.92 Å². The van der Waals surface area contributed by atoms with Crippen LogP contribution in [0.15, 0.2) is 24.5 Å². The molecule has 1 saturated heterocycles. The summed E-state index contributed by atoms with van der Waals surface area (Å²) in [4.78, 5) is 5.63. The Morgan fingerprint density at radius 3 is 2.62 bits per heavy atom. The van der Waals surface area contributed by atoms with Gasteiger partial charge in [0.05, 0.1) is 13.1 Å². The van der Waals surface area contributed by atoms with E-state index < -0.39 is 0 Å². The molecule has 112 valence electrons. The number of piperidine rings is 1. The van der Waals surface area contributed by atoms with Crippen molar-refractivity contribution in [1.82, 2.24) is 19.3 Å². The maximum Gasteiger partial charge on any atom is 0.202 e. The highest BCUT2D eigenvalue weighted by atomic mass is 32.1. The van der Waals surface area contributed by atoms with E-state index in [0.717, 1.165) is 28.7 Å². The Bertz CT molecular complexity index is 652. The van der Waals surface area contributed by atoms with Crippen molar-refractivity contribution in [3.8, 4) is 11.4 Å². The van der Waals surface area contributed by atoms with E-state index in [2.05, 4.69) is 11.9 Å². The van der Waals surface area contributed by atoms with E-state index in [9.17, 15) is 0 Å². The smallest absolute Gasteiger partial charge is 0.202 e. The summed E-state index contributed by atoms with van der Waals surface area (Å²) in [5.74, 6) is 1.77. The van der Waals surface area contributed by atoms with Gasteiger partial charge >= 0.3 is 0 Å². The number of nitrogens with zero attached hydrogens (tertiary/aromatic N) is 4. The average molecular weight is 304 g/mol. The quantitative estimate of drug-likeness (QED) is 0.869. The second-order valence-corrected chi connectivity index (χ2v) is 6.36. The van der Waals surface area contributed by atoms with Gasteiger partial charge in [0.15, 0.2) is 12.5 Å². The molecule has 2 aromatic heterocycles. The van der Waals surface area contributed by atoms with Crippen LogP contribution in [0.25, 0.3) is 11.4 Å². The van der Waals surface area contributed by atoms with Gasteiger partial charge in [0.25, 0.3) is 0 Å². The largest absolute Gasteiger partial charge is 0.316 e. The average Bonchev–Trinajstić information content (AvgIpc) is 2.79. The third-order valence-electron chi connectivity index (χ3n) is 4.33. The van der Waals surface area contributed by atoms with Crippen molar-refractivity contribution in [3.05, 3.63) is 29.3 Å². The third kappa shape index (κ3) is 3.06. The maximum absolute atomic E-state index is 5.54. The third-order valence-corrected chi connectivity index (χ3v) is 4.82. The molecule has 0 saturated carbocycles. The SMILES string of the molecule is CC1CC[NH+](Cn2nc(-c3ccncc3)n(C)c2=S)CC1. The summed E-state index contributed by atoms with van der Waals surface area (Å²) >= 11 is 5.54. The monoisotopic (exact) mass is 304 g/mol. The number of quaternary nitrogens is 1. The minimum atomic E-state index is 0.785. The predicted molar refractivity (Wildman–Crippen MR) is 84.4 cm³/mol. The molecule has 5 nitrogen and oxygen atoms in total. The molecule has 0 unspecified atom stereocenters. The number of hydrogen-bond acceptors (Lipinski definition) is 3. The zero-order valence-corrected chi connectivity index (χ0v) is 13.4. The van der Waals surface area contributed by atoms with Crippen LogP contribution in [-0.4, -0.2) is 32.4 Å². The number of nitrogens with one attached hydrogen (secondary N) is 1. The number of likely N-dealkylation sites (tertiary alicyclic amines) is 1. The molecule has 0 atom stereocenters. The van der Waals surface area contributed by atoms with Gasteiger partial charge in [-0.15, -0.1) is 5.10 Å². The normalized spacial score (nSPS) is 22.4. The molecular weight excluding hydrogens is 282 g/mol. The van der Waals surface area contributed by atoms with Gasteiger partial charge in [0.2, 0.25) is 4.77 Å². The van der Waals surface area contributed by atoms with Crippen LogP contribution in [0, 0.1) is 10.7 Å². The number of aromatic nitrogens is 4. The van der Waals surface area contributed by atoms with Crippen molar-refractivity contribution in [2.75, 3.05) is 13.1 Å². The predicted octanol–water partition coefficient (Wildman–Crippen LogP) is 1.29. The number of hydrogen-bond donors (Lipinski definition) is 1. The number of rotatable bonds is 3. The molecule has 0 spiro atoms. The van der Waals surface area contributed by atoms with E-state index in [4.69, 9.17) is 17.3 Å². The van der Waals surface area contributed by atoms with E-state index in [1.165, 1.54) is 25.9 Å². The summed E-state index contributed by atoms with van der Waals surface area (Å²) in [5, 5.41) is 4.72. The van der Waals surface area contributed by atoms with Gasteiger partial charge in [0.1, 0.15) is 0 Å². The Hall–Kier alpha value is -1.53. The van der Waals surface area contributed by atoms with Gasteiger partial charge in [-0.2, -0.15) is 4.68 Å². The van der Waals surface area contributed by atoms with E-state index in [0.29, 0.717) is 0 Å². The topological polar surface area (TPSA) is 40.1 Å². The fourth-order valence-electron chi connectivity index (χ4n) is 2.88. The van der Waals surface area contributed by atoms with Gasteiger partial charge in [-0.3, -0.25) is 4.98 Å². The van der Waals surface area contributed by atoms with Gasteiger partial charge < -0.3 is 9.47 Å². The van der Waals surface area contributed by atoms with Crippen LogP contribution in [0.4, 0.5) is 0 Å². The maximum atomic E-state index is 5.54. The van der Waals surface area contributed by atoms with Crippen LogP contribution in [0.2, 0.25) is 0 Å². The molecule has 1 fully saturated rings. The lowest BCUT2D eigenvalue weighted by atomic mass is 10.00. The fraction of sp³-hybridized carbons (Fsp3) is 0.533. The molecule has 0 radical (unpaired) electrons. The van der Waals surface area contributed by atoms with E-state index in [1.54, 1.807) is 17.3 Å². The Kier molecular flexibility index (Phi) is 4.17. The molecule has 0 aromatic carbocycles. The van der Waals surface area contributed by atoms with Gasteiger partial charge in [0, 0.05) is 25.0 Å². The summed E-state index contributed by atoms with van der Waals surface area (Å²) in [7, 11) is 1.98. The van der Waals surface area contributed by atoms with Crippen LogP contribution in [0.1, 0.15) is 19.8 Å². The highest BCUT2D eigenvalue weighted by Gasteiger charge is 2.20.